The highest BCUT2D eigenvalue weighted by molar-refractivity contribution is 5.91. The molecule has 0 bridgehead atoms. The van der Waals surface area contributed by atoms with Gasteiger partial charge in [0.1, 0.15) is 6.61 Å². The largest absolute Gasteiger partial charge is 0.444 e. The van der Waals surface area contributed by atoms with E-state index in [2.05, 4.69) is 41.1 Å². The number of amides is 1. The molecule has 1 saturated heterocycles. The maximum absolute atomic E-state index is 12.5. The number of aryl methyl sites for hydroxylation is 1. The van der Waals surface area contributed by atoms with Crippen molar-refractivity contribution in [2.24, 2.45) is 0 Å². The zero-order valence-electron chi connectivity index (χ0n) is 16.1. The maximum atomic E-state index is 12.5. The molecule has 2 aliphatic heterocycles. The Morgan fingerprint density at radius 2 is 1.93 bits per heavy atom. The number of benzene rings is 2. The zero-order chi connectivity index (χ0) is 19.1. The molecule has 1 aromatic heterocycles. The minimum Gasteiger partial charge on any atom is -0.444 e. The van der Waals surface area contributed by atoms with Gasteiger partial charge in [-0.1, -0.05) is 30.3 Å². The molecule has 5 heteroatoms. The van der Waals surface area contributed by atoms with Crippen LogP contribution < -0.4 is 4.90 Å². The number of aromatic amines is 1. The molecular weight excluding hydrogens is 350 g/mol. The number of para-hydroxylation sites is 1. The van der Waals surface area contributed by atoms with Crippen molar-refractivity contribution in [2.45, 2.75) is 39.0 Å². The number of aromatic nitrogens is 1. The third kappa shape index (κ3) is 3.06. The number of cyclic esters (lactones) is 1. The van der Waals surface area contributed by atoms with Crippen LogP contribution in [0, 0.1) is 6.92 Å². The van der Waals surface area contributed by atoms with E-state index in [-0.39, 0.29) is 12.1 Å². The number of ether oxygens (including phenoxy) is 1. The van der Waals surface area contributed by atoms with Gasteiger partial charge >= 0.3 is 6.09 Å². The number of nitrogens with one attached hydrogen (secondary N) is 1. The van der Waals surface area contributed by atoms with Crippen LogP contribution in [0.15, 0.2) is 48.5 Å². The van der Waals surface area contributed by atoms with Gasteiger partial charge in [-0.15, -0.1) is 0 Å². The summed E-state index contributed by atoms with van der Waals surface area (Å²) in [5.41, 5.74) is 5.88. The highest BCUT2D eigenvalue weighted by atomic mass is 16.6. The lowest BCUT2D eigenvalue weighted by Crippen LogP contribution is -2.49. The summed E-state index contributed by atoms with van der Waals surface area (Å²) in [7, 11) is 0. The maximum Gasteiger partial charge on any atom is 0.414 e. The van der Waals surface area contributed by atoms with Crippen LogP contribution in [0.25, 0.3) is 10.9 Å². The molecule has 28 heavy (non-hydrogen) atoms. The minimum absolute atomic E-state index is 0.204. The number of carbonyl (C=O) groups is 1. The number of hydrogen-bond acceptors (Lipinski definition) is 3. The van der Waals surface area contributed by atoms with Gasteiger partial charge in [0, 0.05) is 47.8 Å². The fourth-order valence-electron chi connectivity index (χ4n) is 4.59. The SMILES string of the molecule is Cc1cc2c(CN3CCC(N4C(=O)OCc5ccccc54)CC3)cccc2[nH]1. The topological polar surface area (TPSA) is 48.6 Å². The van der Waals surface area contributed by atoms with Gasteiger partial charge in [0.25, 0.3) is 0 Å². The van der Waals surface area contributed by atoms with Crippen LogP contribution in [0.5, 0.6) is 0 Å². The Kier molecular flexibility index (Phi) is 4.32. The lowest BCUT2D eigenvalue weighted by molar-refractivity contribution is 0.131. The van der Waals surface area contributed by atoms with E-state index < -0.39 is 0 Å². The highest BCUT2D eigenvalue weighted by Gasteiger charge is 2.34. The predicted molar refractivity (Wildman–Crippen MR) is 110 cm³/mol. The summed E-state index contributed by atoms with van der Waals surface area (Å²) in [6.07, 6.45) is 1.72. The van der Waals surface area contributed by atoms with Crippen molar-refractivity contribution < 1.29 is 9.53 Å². The van der Waals surface area contributed by atoms with Crippen molar-refractivity contribution in [3.63, 3.8) is 0 Å². The average Bonchev–Trinajstić information content (AvgIpc) is 3.10. The molecular formula is C23H25N3O2. The standard InChI is InChI=1S/C23H25N3O2/c1-16-13-20-17(6-4-7-21(20)24-16)14-25-11-9-19(10-12-25)26-22-8-3-2-5-18(22)15-28-23(26)27/h2-8,13,19,24H,9-12,14-15H2,1H3. The molecule has 0 radical (unpaired) electrons. The van der Waals surface area contributed by atoms with Crippen molar-refractivity contribution in [2.75, 3.05) is 18.0 Å². The molecule has 0 unspecified atom stereocenters. The second kappa shape index (κ2) is 6.99. The monoisotopic (exact) mass is 375 g/mol. The number of piperidine rings is 1. The first kappa shape index (κ1) is 17.3. The Morgan fingerprint density at radius 3 is 2.79 bits per heavy atom. The molecule has 1 fully saturated rings. The van der Waals surface area contributed by atoms with E-state index in [0.717, 1.165) is 43.7 Å². The second-order valence-electron chi connectivity index (χ2n) is 7.89. The third-order valence-electron chi connectivity index (χ3n) is 6.00. The summed E-state index contributed by atoms with van der Waals surface area (Å²) in [6.45, 7) is 5.39. The first-order chi connectivity index (χ1) is 13.7. The number of likely N-dealkylation sites (tertiary alicyclic amines) is 1. The molecule has 0 spiro atoms. The van der Waals surface area contributed by atoms with E-state index in [0.29, 0.717) is 6.61 Å². The fraction of sp³-hybridized carbons (Fsp3) is 0.348. The molecule has 3 aromatic rings. The predicted octanol–water partition coefficient (Wildman–Crippen LogP) is 4.60. The van der Waals surface area contributed by atoms with E-state index in [1.165, 1.54) is 22.2 Å². The smallest absolute Gasteiger partial charge is 0.414 e. The molecule has 2 aliphatic rings. The molecule has 1 amide bonds. The van der Waals surface area contributed by atoms with Gasteiger partial charge in [-0.25, -0.2) is 4.79 Å². The van der Waals surface area contributed by atoms with Gasteiger partial charge in [0.15, 0.2) is 0 Å². The van der Waals surface area contributed by atoms with Crippen LogP contribution in [0.1, 0.15) is 29.7 Å². The van der Waals surface area contributed by atoms with Gasteiger partial charge in [0.05, 0.1) is 5.69 Å². The first-order valence-corrected chi connectivity index (χ1v) is 10.0. The number of H-pyrrole nitrogens is 1. The van der Waals surface area contributed by atoms with Crippen molar-refractivity contribution in [3.05, 3.63) is 65.4 Å². The van der Waals surface area contributed by atoms with Crippen molar-refractivity contribution >= 4 is 22.7 Å². The number of fused-ring (bicyclic) bond motifs is 2. The average molecular weight is 375 g/mol. The van der Waals surface area contributed by atoms with Crippen LogP contribution in [0.4, 0.5) is 10.5 Å². The number of rotatable bonds is 3. The van der Waals surface area contributed by atoms with E-state index in [1.807, 2.05) is 29.2 Å². The zero-order valence-corrected chi connectivity index (χ0v) is 16.1. The Hall–Kier alpha value is -2.79. The molecule has 1 N–H and O–H groups in total. The highest BCUT2D eigenvalue weighted by Crippen LogP contribution is 2.32. The van der Waals surface area contributed by atoms with Crippen LogP contribution in [0.2, 0.25) is 0 Å². The molecule has 2 aromatic carbocycles. The molecule has 0 aliphatic carbocycles. The van der Waals surface area contributed by atoms with Gasteiger partial charge in [-0.3, -0.25) is 9.80 Å². The number of hydrogen-bond donors (Lipinski definition) is 1. The molecule has 3 heterocycles. The lowest BCUT2D eigenvalue weighted by atomic mass is 10.00. The molecule has 0 atom stereocenters. The summed E-state index contributed by atoms with van der Waals surface area (Å²) < 4.78 is 5.41. The lowest BCUT2D eigenvalue weighted by Gasteiger charge is -2.40. The summed E-state index contributed by atoms with van der Waals surface area (Å²) in [4.78, 5) is 20.3. The van der Waals surface area contributed by atoms with Gasteiger partial charge in [-0.05, 0) is 43.5 Å². The quantitative estimate of drug-likeness (QED) is 0.728. The molecule has 0 saturated carbocycles. The summed E-state index contributed by atoms with van der Waals surface area (Å²) in [5, 5.41) is 1.32. The molecule has 5 rings (SSSR count). The van der Waals surface area contributed by atoms with Crippen LogP contribution in [-0.4, -0.2) is 35.1 Å². The van der Waals surface area contributed by atoms with E-state index in [1.54, 1.807) is 0 Å². The Morgan fingerprint density at radius 1 is 1.11 bits per heavy atom. The van der Waals surface area contributed by atoms with Gasteiger partial charge < -0.3 is 9.72 Å². The van der Waals surface area contributed by atoms with Crippen molar-refractivity contribution in [3.8, 4) is 0 Å². The number of nitrogens with zero attached hydrogens (tertiary/aromatic N) is 2. The van der Waals surface area contributed by atoms with Crippen molar-refractivity contribution in [1.29, 1.82) is 0 Å². The first-order valence-electron chi connectivity index (χ1n) is 10.0. The summed E-state index contributed by atoms with van der Waals surface area (Å²) in [5.74, 6) is 0. The van der Waals surface area contributed by atoms with E-state index in [9.17, 15) is 4.79 Å². The summed E-state index contributed by atoms with van der Waals surface area (Å²) >= 11 is 0. The molecule has 144 valence electrons. The van der Waals surface area contributed by atoms with Gasteiger partial charge in [-0.2, -0.15) is 0 Å². The second-order valence-corrected chi connectivity index (χ2v) is 7.89. The normalized spacial score (nSPS) is 18.3. The van der Waals surface area contributed by atoms with Gasteiger partial charge in [0.2, 0.25) is 0 Å². The van der Waals surface area contributed by atoms with E-state index >= 15 is 0 Å². The van der Waals surface area contributed by atoms with Crippen LogP contribution in [0.3, 0.4) is 0 Å². The Labute approximate surface area is 164 Å². The summed E-state index contributed by atoms with van der Waals surface area (Å²) in [6, 6.07) is 17.0. The van der Waals surface area contributed by atoms with Crippen LogP contribution >= 0.6 is 0 Å². The van der Waals surface area contributed by atoms with Crippen LogP contribution in [-0.2, 0) is 17.9 Å². The number of anilines is 1. The van der Waals surface area contributed by atoms with E-state index in [4.69, 9.17) is 4.74 Å². The minimum atomic E-state index is -0.204. The fourth-order valence-corrected chi connectivity index (χ4v) is 4.59. The third-order valence-corrected chi connectivity index (χ3v) is 6.00. The Balaban J connectivity index is 1.30. The number of carbonyl (C=O) groups excluding carboxylic acids is 1. The van der Waals surface area contributed by atoms with Crippen molar-refractivity contribution in [1.82, 2.24) is 9.88 Å². The molecule has 5 nitrogen and oxygen atoms in total. The Bertz CT molecular complexity index is 1020.